The number of pyridine rings is 1. The molecule has 0 spiro atoms. The lowest BCUT2D eigenvalue weighted by atomic mass is 10.2. The van der Waals surface area contributed by atoms with Crippen LogP contribution in [0.5, 0.6) is 0 Å². The molecule has 5 rings (SSSR count). The van der Waals surface area contributed by atoms with Crippen molar-refractivity contribution >= 4 is 34.7 Å². The van der Waals surface area contributed by atoms with Gasteiger partial charge in [-0.1, -0.05) is 29.1 Å². The number of nitrogens with zero attached hydrogens (tertiary/aromatic N) is 5. The van der Waals surface area contributed by atoms with Gasteiger partial charge < -0.3 is 19.3 Å². The number of aromatic amines is 1. The molecule has 3 aromatic heterocycles. The number of amides is 1. The van der Waals surface area contributed by atoms with Crippen molar-refractivity contribution in [2.45, 2.75) is 24.1 Å². The molecule has 0 atom stereocenters. The lowest BCUT2D eigenvalue weighted by molar-refractivity contribution is 0.0762. The summed E-state index contributed by atoms with van der Waals surface area (Å²) in [4.78, 5) is 30.1. The van der Waals surface area contributed by atoms with Crippen LogP contribution >= 0.6 is 11.8 Å². The quantitative estimate of drug-likeness (QED) is 0.463. The molecular formula is C23H24N6O2S. The number of thioether (sulfide) groups is 1. The molecule has 1 amide bonds. The smallest absolute Gasteiger partial charge is 0.256 e. The molecule has 1 saturated heterocycles. The molecule has 1 aliphatic rings. The van der Waals surface area contributed by atoms with Crippen molar-refractivity contribution in [2.24, 2.45) is 0 Å². The summed E-state index contributed by atoms with van der Waals surface area (Å²) in [5.41, 5.74) is 3.46. The highest BCUT2D eigenvalue weighted by molar-refractivity contribution is 7.98. The highest BCUT2D eigenvalue weighted by atomic mass is 32.2. The summed E-state index contributed by atoms with van der Waals surface area (Å²) in [6.45, 7) is 4.79. The molecule has 8 nitrogen and oxygen atoms in total. The van der Waals surface area contributed by atoms with Gasteiger partial charge in [0, 0.05) is 44.2 Å². The highest BCUT2D eigenvalue weighted by Gasteiger charge is 2.24. The van der Waals surface area contributed by atoms with Crippen LogP contribution in [0.1, 0.15) is 28.2 Å². The molecule has 164 valence electrons. The third-order valence-electron chi connectivity index (χ3n) is 5.49. The van der Waals surface area contributed by atoms with Gasteiger partial charge >= 0.3 is 0 Å². The van der Waals surface area contributed by atoms with Crippen molar-refractivity contribution in [3.63, 3.8) is 0 Å². The average molecular weight is 449 g/mol. The molecule has 4 aromatic rings. The van der Waals surface area contributed by atoms with Gasteiger partial charge in [-0.3, -0.25) is 4.79 Å². The van der Waals surface area contributed by atoms with Crippen LogP contribution in [-0.2, 0) is 5.75 Å². The zero-order chi connectivity index (χ0) is 21.9. The molecule has 1 aromatic carbocycles. The minimum Gasteiger partial charge on any atom is -0.361 e. The van der Waals surface area contributed by atoms with Gasteiger partial charge in [0.25, 0.3) is 5.91 Å². The lowest BCUT2D eigenvalue weighted by Gasteiger charge is -2.22. The lowest BCUT2D eigenvalue weighted by Crippen LogP contribution is -2.35. The Morgan fingerprint density at radius 1 is 1.16 bits per heavy atom. The number of aryl methyl sites for hydroxylation is 1. The second-order valence-electron chi connectivity index (χ2n) is 7.78. The van der Waals surface area contributed by atoms with Crippen LogP contribution in [0.25, 0.3) is 11.0 Å². The summed E-state index contributed by atoms with van der Waals surface area (Å²) in [6, 6.07) is 13.6. The number of aromatic nitrogens is 4. The number of carbonyl (C=O) groups excluding carboxylic acids is 1. The van der Waals surface area contributed by atoms with Crippen molar-refractivity contribution in [3.8, 4) is 0 Å². The first-order valence-electron chi connectivity index (χ1n) is 10.7. The van der Waals surface area contributed by atoms with E-state index in [1.807, 2.05) is 54.3 Å². The molecule has 1 N–H and O–H groups in total. The fourth-order valence-electron chi connectivity index (χ4n) is 3.89. The highest BCUT2D eigenvalue weighted by Crippen LogP contribution is 2.26. The third-order valence-corrected chi connectivity index (χ3v) is 6.53. The number of H-pyrrole nitrogens is 1. The van der Waals surface area contributed by atoms with Gasteiger partial charge in [-0.05, 0) is 37.6 Å². The van der Waals surface area contributed by atoms with E-state index >= 15 is 0 Å². The van der Waals surface area contributed by atoms with Crippen LogP contribution in [0.3, 0.4) is 0 Å². The monoisotopic (exact) mass is 448 g/mol. The molecular weight excluding hydrogens is 424 g/mol. The van der Waals surface area contributed by atoms with E-state index in [-0.39, 0.29) is 5.91 Å². The first-order valence-corrected chi connectivity index (χ1v) is 11.6. The molecule has 0 saturated carbocycles. The molecule has 0 bridgehead atoms. The van der Waals surface area contributed by atoms with Crippen LogP contribution < -0.4 is 4.90 Å². The minimum absolute atomic E-state index is 0.0170. The molecule has 0 aliphatic carbocycles. The van der Waals surface area contributed by atoms with Gasteiger partial charge in [0.15, 0.2) is 0 Å². The van der Waals surface area contributed by atoms with E-state index in [0.717, 1.165) is 53.0 Å². The number of carbonyl (C=O) groups is 1. The largest absolute Gasteiger partial charge is 0.361 e. The Bertz CT molecular complexity index is 1200. The zero-order valence-electron chi connectivity index (χ0n) is 17.8. The first-order chi connectivity index (χ1) is 15.7. The Labute approximate surface area is 190 Å². The van der Waals surface area contributed by atoms with E-state index in [0.29, 0.717) is 24.4 Å². The minimum atomic E-state index is 0.0170. The Kier molecular flexibility index (Phi) is 5.81. The number of anilines is 1. The van der Waals surface area contributed by atoms with Crippen molar-refractivity contribution in [2.75, 3.05) is 31.1 Å². The van der Waals surface area contributed by atoms with Crippen LogP contribution in [0, 0.1) is 6.92 Å². The van der Waals surface area contributed by atoms with E-state index in [1.165, 1.54) is 11.8 Å². The molecule has 0 radical (unpaired) electrons. The van der Waals surface area contributed by atoms with Crippen LogP contribution in [0.2, 0.25) is 0 Å². The second-order valence-corrected chi connectivity index (χ2v) is 8.75. The summed E-state index contributed by atoms with van der Waals surface area (Å²) in [6.07, 6.45) is 2.60. The molecule has 9 heteroatoms. The normalized spacial score (nSPS) is 14.7. The fraction of sp³-hybridized carbons (Fsp3) is 0.304. The molecule has 1 fully saturated rings. The van der Waals surface area contributed by atoms with Gasteiger partial charge in [0.1, 0.15) is 10.8 Å². The Morgan fingerprint density at radius 2 is 2.06 bits per heavy atom. The topological polar surface area (TPSA) is 91.2 Å². The van der Waals surface area contributed by atoms with Crippen molar-refractivity contribution in [1.82, 2.24) is 25.0 Å². The number of hydrogen-bond donors (Lipinski definition) is 1. The zero-order valence-corrected chi connectivity index (χ0v) is 18.6. The molecule has 1 aliphatic heterocycles. The van der Waals surface area contributed by atoms with E-state index in [4.69, 9.17) is 9.51 Å². The number of benzene rings is 1. The van der Waals surface area contributed by atoms with Gasteiger partial charge in [-0.2, -0.15) is 0 Å². The van der Waals surface area contributed by atoms with Crippen LogP contribution in [0.15, 0.2) is 58.2 Å². The Morgan fingerprint density at radius 3 is 2.91 bits per heavy atom. The average Bonchev–Trinajstić information content (AvgIpc) is 3.35. The molecule has 0 unspecified atom stereocenters. The second kappa shape index (κ2) is 9.04. The van der Waals surface area contributed by atoms with Gasteiger partial charge in [0.05, 0.1) is 22.3 Å². The van der Waals surface area contributed by atoms with E-state index < -0.39 is 0 Å². The van der Waals surface area contributed by atoms with Crippen molar-refractivity contribution in [3.05, 3.63) is 65.7 Å². The predicted molar refractivity (Wildman–Crippen MR) is 124 cm³/mol. The number of rotatable bonds is 5. The third kappa shape index (κ3) is 4.34. The van der Waals surface area contributed by atoms with Gasteiger partial charge in [0.2, 0.25) is 5.95 Å². The maximum absolute atomic E-state index is 13.4. The summed E-state index contributed by atoms with van der Waals surface area (Å²) < 4.78 is 5.13. The Hall–Kier alpha value is -3.33. The standard InChI is InChI=1S/C23H24N6O2S/c1-16-14-17(27-31-16)15-32-21-18(6-4-9-24-21)22(30)28-10-5-11-29(13-12-28)23-25-19-7-2-3-8-20(19)26-23/h2-4,6-9,14H,5,10-13,15H2,1H3,(H,25,26). The van der Waals surface area contributed by atoms with Crippen LogP contribution in [-0.4, -0.2) is 57.1 Å². The van der Waals surface area contributed by atoms with E-state index in [9.17, 15) is 4.79 Å². The number of fused-ring (bicyclic) bond motifs is 1. The summed E-state index contributed by atoms with van der Waals surface area (Å²) in [7, 11) is 0. The summed E-state index contributed by atoms with van der Waals surface area (Å²) in [5.74, 6) is 2.26. The fourth-order valence-corrected chi connectivity index (χ4v) is 4.76. The molecule has 4 heterocycles. The number of para-hydroxylation sites is 2. The van der Waals surface area contributed by atoms with E-state index in [2.05, 4.69) is 20.0 Å². The van der Waals surface area contributed by atoms with Crippen molar-refractivity contribution in [1.29, 1.82) is 0 Å². The van der Waals surface area contributed by atoms with Gasteiger partial charge in [-0.15, -0.1) is 0 Å². The molecule has 32 heavy (non-hydrogen) atoms. The maximum atomic E-state index is 13.4. The summed E-state index contributed by atoms with van der Waals surface area (Å²) >= 11 is 1.50. The predicted octanol–water partition coefficient (Wildman–Crippen LogP) is 3.90. The number of hydrogen-bond acceptors (Lipinski definition) is 7. The first kappa shape index (κ1) is 20.6. The van der Waals surface area contributed by atoms with Gasteiger partial charge in [-0.25, -0.2) is 9.97 Å². The number of nitrogens with one attached hydrogen (secondary N) is 1. The Balaban J connectivity index is 1.27. The summed E-state index contributed by atoms with van der Waals surface area (Å²) in [5, 5.41) is 4.75. The maximum Gasteiger partial charge on any atom is 0.256 e. The number of imidazole rings is 1. The van der Waals surface area contributed by atoms with Crippen LogP contribution in [0.4, 0.5) is 5.95 Å². The van der Waals surface area contributed by atoms with E-state index in [1.54, 1.807) is 6.20 Å². The SMILES string of the molecule is Cc1cc(CSc2ncccc2C(=O)N2CCCN(c3nc4ccccc4[nH]3)CC2)no1. The van der Waals surface area contributed by atoms with Crippen molar-refractivity contribution < 1.29 is 9.32 Å².